The number of carbonyl (C=O) groups is 1. The van der Waals surface area contributed by atoms with Crippen LogP contribution in [0.3, 0.4) is 0 Å². The van der Waals surface area contributed by atoms with E-state index in [0.717, 1.165) is 0 Å². The van der Waals surface area contributed by atoms with Crippen LogP contribution in [0.1, 0.15) is 15.9 Å². The van der Waals surface area contributed by atoms with Crippen LogP contribution >= 0.6 is 0 Å². The van der Waals surface area contributed by atoms with Gasteiger partial charge in [0.2, 0.25) is 0 Å². The highest BCUT2D eigenvalue weighted by Gasteiger charge is 2.23. The summed E-state index contributed by atoms with van der Waals surface area (Å²) in [6, 6.07) is 10.8. The number of anilines is 1. The largest absolute Gasteiger partial charge is 0.507 e. The van der Waals surface area contributed by atoms with Gasteiger partial charge in [-0.25, -0.2) is 5.43 Å². The first-order chi connectivity index (χ1) is 13.1. The molecule has 0 atom stereocenters. The highest BCUT2D eigenvalue weighted by Crippen LogP contribution is 2.29. The summed E-state index contributed by atoms with van der Waals surface area (Å²) < 4.78 is 5.26. The zero-order valence-electron chi connectivity index (χ0n) is 14.4. The molecule has 1 heterocycles. The van der Waals surface area contributed by atoms with Crippen molar-refractivity contribution in [1.29, 1.82) is 0 Å². The van der Waals surface area contributed by atoms with E-state index in [9.17, 15) is 20.0 Å². The van der Waals surface area contributed by atoms with Crippen molar-refractivity contribution in [3.63, 3.8) is 0 Å². The van der Waals surface area contributed by atoms with Gasteiger partial charge in [0, 0.05) is 30.3 Å². The molecule has 1 fully saturated rings. The maximum Gasteiger partial charge on any atom is 0.293 e. The molecule has 1 saturated heterocycles. The standard InChI is InChI=1S/C18H18N4O5/c23-17-4-2-1-3-14(17)12-19-20-18(24)13-5-6-15(16(11-13)22(25)26)21-7-9-27-10-8-21/h1-6,11-12,23H,7-10H2,(H,20,24)/b19-12+. The molecule has 0 spiro atoms. The summed E-state index contributed by atoms with van der Waals surface area (Å²) in [4.78, 5) is 25.0. The lowest BCUT2D eigenvalue weighted by Crippen LogP contribution is -2.36. The minimum atomic E-state index is -0.585. The SMILES string of the molecule is O=C(N/N=C/c1ccccc1O)c1ccc(N2CCOCC2)c([N+](=O)[O-])c1. The molecule has 1 aliphatic rings. The molecule has 9 heteroatoms. The lowest BCUT2D eigenvalue weighted by atomic mass is 10.1. The van der Waals surface area contributed by atoms with E-state index in [1.165, 1.54) is 24.4 Å². The highest BCUT2D eigenvalue weighted by atomic mass is 16.6. The molecular weight excluding hydrogens is 352 g/mol. The Kier molecular flexibility index (Phi) is 5.62. The molecule has 3 rings (SSSR count). The van der Waals surface area contributed by atoms with Crippen LogP contribution in [-0.4, -0.2) is 48.5 Å². The summed E-state index contributed by atoms with van der Waals surface area (Å²) in [5.41, 5.74) is 3.17. The smallest absolute Gasteiger partial charge is 0.293 e. The highest BCUT2D eigenvalue weighted by molar-refractivity contribution is 5.96. The second-order valence-corrected chi connectivity index (χ2v) is 5.82. The van der Waals surface area contributed by atoms with E-state index in [4.69, 9.17) is 4.74 Å². The van der Waals surface area contributed by atoms with E-state index in [-0.39, 0.29) is 17.0 Å². The number of benzene rings is 2. The van der Waals surface area contributed by atoms with Crippen molar-refractivity contribution < 1.29 is 19.6 Å². The quantitative estimate of drug-likeness (QED) is 0.472. The fourth-order valence-corrected chi connectivity index (χ4v) is 2.70. The van der Waals surface area contributed by atoms with Crippen LogP contribution in [0.5, 0.6) is 5.75 Å². The van der Waals surface area contributed by atoms with E-state index < -0.39 is 10.8 Å². The van der Waals surface area contributed by atoms with Crippen molar-refractivity contribution in [1.82, 2.24) is 5.43 Å². The molecule has 0 aromatic heterocycles. The number of ether oxygens (including phenoxy) is 1. The Hall–Kier alpha value is -3.46. The lowest BCUT2D eigenvalue weighted by molar-refractivity contribution is -0.384. The van der Waals surface area contributed by atoms with E-state index in [1.54, 1.807) is 24.3 Å². The number of aromatic hydroxyl groups is 1. The van der Waals surface area contributed by atoms with Gasteiger partial charge in [-0.2, -0.15) is 5.10 Å². The monoisotopic (exact) mass is 370 g/mol. The number of carbonyl (C=O) groups excluding carboxylic acids is 1. The molecule has 0 unspecified atom stereocenters. The van der Waals surface area contributed by atoms with Crippen molar-refractivity contribution >= 4 is 23.5 Å². The van der Waals surface area contributed by atoms with Crippen molar-refractivity contribution in [2.24, 2.45) is 5.10 Å². The number of phenols is 1. The molecule has 0 aliphatic carbocycles. The van der Waals surface area contributed by atoms with Crippen molar-refractivity contribution in [3.8, 4) is 5.75 Å². The number of morpholine rings is 1. The van der Waals surface area contributed by atoms with E-state index in [2.05, 4.69) is 10.5 Å². The molecule has 9 nitrogen and oxygen atoms in total. The van der Waals surface area contributed by atoms with Gasteiger partial charge in [-0.05, 0) is 24.3 Å². The number of hydrazone groups is 1. The number of nitrogens with one attached hydrogen (secondary N) is 1. The lowest BCUT2D eigenvalue weighted by Gasteiger charge is -2.28. The Morgan fingerprint density at radius 1 is 1.26 bits per heavy atom. The minimum absolute atomic E-state index is 0.0287. The normalized spacial score (nSPS) is 14.3. The Bertz CT molecular complexity index is 878. The summed E-state index contributed by atoms with van der Waals surface area (Å²) in [5, 5.41) is 24.9. The van der Waals surface area contributed by atoms with Gasteiger partial charge in [0.1, 0.15) is 11.4 Å². The van der Waals surface area contributed by atoms with E-state index in [1.807, 2.05) is 4.90 Å². The molecule has 0 radical (unpaired) electrons. The Balaban J connectivity index is 1.75. The number of nitro groups is 1. The van der Waals surface area contributed by atoms with Crippen molar-refractivity contribution in [2.75, 3.05) is 31.2 Å². The first kappa shape index (κ1) is 18.3. The first-order valence-corrected chi connectivity index (χ1v) is 8.29. The molecule has 1 aliphatic heterocycles. The van der Waals surface area contributed by atoms with Gasteiger partial charge in [0.05, 0.1) is 24.4 Å². The second kappa shape index (κ2) is 8.28. The van der Waals surface area contributed by atoms with E-state index in [0.29, 0.717) is 37.6 Å². The summed E-state index contributed by atoms with van der Waals surface area (Å²) in [6.45, 7) is 2.11. The number of nitrogens with zero attached hydrogens (tertiary/aromatic N) is 3. The van der Waals surface area contributed by atoms with Gasteiger partial charge in [-0.3, -0.25) is 14.9 Å². The van der Waals surface area contributed by atoms with Crippen LogP contribution in [0, 0.1) is 10.1 Å². The van der Waals surface area contributed by atoms with Crippen LogP contribution in [0.15, 0.2) is 47.6 Å². The van der Waals surface area contributed by atoms with Crippen LogP contribution in [0.2, 0.25) is 0 Å². The predicted molar refractivity (Wildman–Crippen MR) is 99.3 cm³/mol. The third kappa shape index (κ3) is 4.39. The molecule has 2 aromatic rings. The molecule has 0 saturated carbocycles. The van der Waals surface area contributed by atoms with Gasteiger partial charge in [0.25, 0.3) is 11.6 Å². The van der Waals surface area contributed by atoms with Crippen LogP contribution in [-0.2, 0) is 4.74 Å². The molecule has 140 valence electrons. The molecule has 2 aromatic carbocycles. The fraction of sp³-hybridized carbons (Fsp3) is 0.222. The third-order valence-electron chi connectivity index (χ3n) is 4.09. The summed E-state index contributed by atoms with van der Waals surface area (Å²) >= 11 is 0. The molecule has 27 heavy (non-hydrogen) atoms. The minimum Gasteiger partial charge on any atom is -0.507 e. The average Bonchev–Trinajstić information content (AvgIpc) is 2.69. The summed E-state index contributed by atoms with van der Waals surface area (Å²) in [7, 11) is 0. The topological polar surface area (TPSA) is 117 Å². The maximum atomic E-state index is 12.2. The van der Waals surface area contributed by atoms with Crippen LogP contribution < -0.4 is 10.3 Å². The predicted octanol–water partition coefficient (Wildman–Crippen LogP) is 1.90. The Morgan fingerprint density at radius 3 is 2.70 bits per heavy atom. The maximum absolute atomic E-state index is 12.2. The first-order valence-electron chi connectivity index (χ1n) is 8.29. The average molecular weight is 370 g/mol. The zero-order valence-corrected chi connectivity index (χ0v) is 14.4. The van der Waals surface area contributed by atoms with Crippen molar-refractivity contribution in [3.05, 3.63) is 63.7 Å². The van der Waals surface area contributed by atoms with Gasteiger partial charge < -0.3 is 14.7 Å². The van der Waals surface area contributed by atoms with Gasteiger partial charge in [-0.15, -0.1) is 0 Å². The number of phenolic OH excluding ortho intramolecular Hbond substituents is 1. The number of rotatable bonds is 5. The molecule has 1 amide bonds. The summed E-state index contributed by atoms with van der Waals surface area (Å²) in [5.74, 6) is -0.556. The molecule has 2 N–H and O–H groups in total. The van der Waals surface area contributed by atoms with Crippen LogP contribution in [0.25, 0.3) is 0 Å². The summed E-state index contributed by atoms with van der Waals surface area (Å²) in [6.07, 6.45) is 1.30. The second-order valence-electron chi connectivity index (χ2n) is 5.82. The number of hydrogen-bond donors (Lipinski definition) is 2. The van der Waals surface area contributed by atoms with Gasteiger partial charge >= 0.3 is 0 Å². The molecule has 0 bridgehead atoms. The van der Waals surface area contributed by atoms with E-state index >= 15 is 0 Å². The van der Waals surface area contributed by atoms with Crippen LogP contribution in [0.4, 0.5) is 11.4 Å². The van der Waals surface area contributed by atoms with Crippen molar-refractivity contribution in [2.45, 2.75) is 0 Å². The Labute approximate surface area is 155 Å². The number of amides is 1. The Morgan fingerprint density at radius 2 is 2.00 bits per heavy atom. The number of hydrogen-bond acceptors (Lipinski definition) is 7. The van der Waals surface area contributed by atoms with Gasteiger partial charge in [0.15, 0.2) is 0 Å². The number of nitro benzene ring substituents is 1. The fourth-order valence-electron chi connectivity index (χ4n) is 2.70. The molecular formula is C18H18N4O5. The third-order valence-corrected chi connectivity index (χ3v) is 4.09. The number of para-hydroxylation sites is 1. The zero-order chi connectivity index (χ0) is 19.2. The van der Waals surface area contributed by atoms with Gasteiger partial charge in [-0.1, -0.05) is 12.1 Å².